The minimum Gasteiger partial charge on any atom is -0.428 e. The first-order chi connectivity index (χ1) is 20.6. The standard InChI is InChI=1S/C29H32N6O8/c1-4-11-30-28(40)22-13-34-25(18(22)3)26(31-15-32-34)35(29(41)43-16-42-24(38)10-9-21(37)14-36)23-12-19(6-5-17(23)2)27(39)33-20-7-8-20/h5-6,12-15,20H,4,7-11,16H2,1-3H3,(H,30,40)(H,33,39). The van der Waals surface area contributed by atoms with Crippen molar-refractivity contribution in [3.8, 4) is 0 Å². The summed E-state index contributed by atoms with van der Waals surface area (Å²) in [5.74, 6) is -2.19. The zero-order valence-electron chi connectivity index (χ0n) is 24.0. The fraction of sp³-hybridized carbons (Fsp3) is 0.379. The lowest BCUT2D eigenvalue weighted by atomic mass is 10.1. The number of carbonyl (C=O) groups is 6. The predicted octanol–water partition coefficient (Wildman–Crippen LogP) is 2.70. The molecule has 1 saturated carbocycles. The van der Waals surface area contributed by atoms with E-state index in [1.54, 1.807) is 26.0 Å². The molecule has 2 N–H and O–H groups in total. The van der Waals surface area contributed by atoms with Crippen LogP contribution in [0.15, 0.2) is 30.7 Å². The molecule has 0 spiro atoms. The van der Waals surface area contributed by atoms with Crippen molar-refractivity contribution < 1.29 is 38.2 Å². The van der Waals surface area contributed by atoms with Gasteiger partial charge in [0, 0.05) is 30.8 Å². The second-order valence-electron chi connectivity index (χ2n) is 10.0. The third kappa shape index (κ3) is 7.39. The number of benzene rings is 1. The van der Waals surface area contributed by atoms with Crippen molar-refractivity contribution in [3.63, 3.8) is 0 Å². The highest BCUT2D eigenvalue weighted by molar-refractivity contribution is 6.25. The average molecular weight is 593 g/mol. The Morgan fingerprint density at radius 1 is 1.09 bits per heavy atom. The Bertz CT molecular complexity index is 1580. The maximum absolute atomic E-state index is 13.7. The van der Waals surface area contributed by atoms with Crippen LogP contribution < -0.4 is 15.5 Å². The molecule has 0 bridgehead atoms. The van der Waals surface area contributed by atoms with Gasteiger partial charge in [0.05, 0.1) is 17.7 Å². The van der Waals surface area contributed by atoms with E-state index in [4.69, 9.17) is 9.47 Å². The summed E-state index contributed by atoms with van der Waals surface area (Å²) in [6.45, 7) is 5.03. The first kappa shape index (κ1) is 30.8. The van der Waals surface area contributed by atoms with Gasteiger partial charge < -0.3 is 20.1 Å². The Morgan fingerprint density at radius 3 is 2.56 bits per heavy atom. The fourth-order valence-electron chi connectivity index (χ4n) is 4.22. The number of esters is 1. The molecule has 0 aliphatic heterocycles. The molecule has 1 aliphatic carbocycles. The highest BCUT2D eigenvalue weighted by Gasteiger charge is 2.30. The highest BCUT2D eigenvalue weighted by atomic mass is 16.7. The molecular weight excluding hydrogens is 560 g/mol. The molecule has 2 aromatic heterocycles. The van der Waals surface area contributed by atoms with E-state index in [9.17, 15) is 28.8 Å². The lowest BCUT2D eigenvalue weighted by molar-refractivity contribution is -0.152. The molecule has 1 fully saturated rings. The van der Waals surface area contributed by atoms with Gasteiger partial charge in [0.2, 0.25) is 6.79 Å². The molecule has 0 saturated heterocycles. The van der Waals surface area contributed by atoms with Crippen LogP contribution in [0.1, 0.15) is 70.9 Å². The number of hydrogen-bond acceptors (Lipinski definition) is 10. The molecule has 14 heteroatoms. The number of hydrogen-bond donors (Lipinski definition) is 2. The SMILES string of the molecule is CCCNC(=O)c1cn2ncnc(N(C(=O)OCOC(=O)CCC(=O)C=O)c3cc(C(=O)NC4CC4)ccc3C)c2c1C. The van der Waals surface area contributed by atoms with E-state index in [0.29, 0.717) is 34.3 Å². The minimum absolute atomic E-state index is 0.0535. The van der Waals surface area contributed by atoms with E-state index < -0.39 is 24.6 Å². The fourth-order valence-corrected chi connectivity index (χ4v) is 4.22. The Kier molecular flexibility index (Phi) is 9.80. The molecule has 0 radical (unpaired) electrons. The smallest absolute Gasteiger partial charge is 0.423 e. The van der Waals surface area contributed by atoms with Gasteiger partial charge in [-0.3, -0.25) is 24.0 Å². The third-order valence-corrected chi connectivity index (χ3v) is 6.72. The van der Waals surface area contributed by atoms with Crippen molar-refractivity contribution in [1.82, 2.24) is 25.2 Å². The van der Waals surface area contributed by atoms with Crippen LogP contribution in [0, 0.1) is 13.8 Å². The number of Topliss-reactive ketones (excluding diaryl/α,β-unsaturated/α-hetero) is 1. The molecule has 0 unspecified atom stereocenters. The van der Waals surface area contributed by atoms with E-state index in [1.807, 2.05) is 6.92 Å². The van der Waals surface area contributed by atoms with Gasteiger partial charge in [-0.1, -0.05) is 13.0 Å². The molecule has 3 amide bonds. The number of nitrogens with zero attached hydrogens (tertiary/aromatic N) is 4. The number of aromatic nitrogens is 3. The van der Waals surface area contributed by atoms with Gasteiger partial charge in [0.25, 0.3) is 11.8 Å². The summed E-state index contributed by atoms with van der Waals surface area (Å²) in [4.78, 5) is 78.5. The van der Waals surface area contributed by atoms with Crippen LogP contribution in [0.4, 0.5) is 16.3 Å². The van der Waals surface area contributed by atoms with Gasteiger partial charge in [-0.25, -0.2) is 19.2 Å². The predicted molar refractivity (Wildman–Crippen MR) is 152 cm³/mol. The second kappa shape index (κ2) is 13.7. The summed E-state index contributed by atoms with van der Waals surface area (Å²) in [5.41, 5.74) is 2.30. The Balaban J connectivity index is 1.71. The van der Waals surface area contributed by atoms with Crippen molar-refractivity contribution in [2.75, 3.05) is 18.2 Å². The van der Waals surface area contributed by atoms with Gasteiger partial charge in [-0.2, -0.15) is 5.10 Å². The number of fused-ring (bicyclic) bond motifs is 1. The molecule has 226 valence electrons. The van der Waals surface area contributed by atoms with E-state index in [-0.39, 0.29) is 48.5 Å². The van der Waals surface area contributed by atoms with Crippen LogP contribution >= 0.6 is 0 Å². The zero-order valence-corrected chi connectivity index (χ0v) is 24.0. The van der Waals surface area contributed by atoms with Gasteiger partial charge >= 0.3 is 12.1 Å². The summed E-state index contributed by atoms with van der Waals surface area (Å²) < 4.78 is 11.6. The number of ether oxygens (including phenoxy) is 2. The van der Waals surface area contributed by atoms with Crippen molar-refractivity contribution in [3.05, 3.63) is 53.0 Å². The number of carbonyl (C=O) groups excluding carboxylic acids is 6. The van der Waals surface area contributed by atoms with Crippen LogP contribution in [-0.2, 0) is 23.9 Å². The molecule has 1 aromatic carbocycles. The second-order valence-corrected chi connectivity index (χ2v) is 10.0. The molecular formula is C29H32N6O8. The zero-order chi connectivity index (χ0) is 31.1. The first-order valence-electron chi connectivity index (χ1n) is 13.8. The van der Waals surface area contributed by atoms with Crippen LogP contribution in [0.3, 0.4) is 0 Å². The Hall–Kier alpha value is -5.14. The van der Waals surface area contributed by atoms with Crippen LogP contribution in [0.25, 0.3) is 5.52 Å². The van der Waals surface area contributed by atoms with Gasteiger partial charge in [0.15, 0.2) is 17.9 Å². The summed E-state index contributed by atoms with van der Waals surface area (Å²) in [6, 6.07) is 4.94. The Labute approximate surface area is 246 Å². The van der Waals surface area contributed by atoms with Crippen LogP contribution in [-0.4, -0.2) is 69.9 Å². The summed E-state index contributed by atoms with van der Waals surface area (Å²) in [5, 5.41) is 9.96. The largest absolute Gasteiger partial charge is 0.428 e. The van der Waals surface area contributed by atoms with Crippen molar-refractivity contribution in [2.45, 2.75) is 58.9 Å². The monoisotopic (exact) mass is 592 g/mol. The molecule has 14 nitrogen and oxygen atoms in total. The summed E-state index contributed by atoms with van der Waals surface area (Å²) in [6.07, 6.45) is 3.67. The maximum atomic E-state index is 13.7. The van der Waals surface area contributed by atoms with Crippen LogP contribution in [0.5, 0.6) is 0 Å². The van der Waals surface area contributed by atoms with E-state index in [1.165, 1.54) is 23.1 Å². The first-order valence-corrected chi connectivity index (χ1v) is 13.8. The number of rotatable bonds is 13. The van der Waals surface area contributed by atoms with Gasteiger partial charge in [-0.15, -0.1) is 0 Å². The maximum Gasteiger partial charge on any atom is 0.423 e. The number of anilines is 2. The van der Waals surface area contributed by atoms with Crippen molar-refractivity contribution in [1.29, 1.82) is 0 Å². The Morgan fingerprint density at radius 2 is 1.86 bits per heavy atom. The number of aldehydes is 1. The summed E-state index contributed by atoms with van der Waals surface area (Å²) in [7, 11) is 0. The number of amides is 3. The van der Waals surface area contributed by atoms with Crippen molar-refractivity contribution >= 4 is 53.0 Å². The van der Waals surface area contributed by atoms with E-state index >= 15 is 0 Å². The minimum atomic E-state index is -1.00. The van der Waals surface area contributed by atoms with E-state index in [2.05, 4.69) is 20.7 Å². The third-order valence-electron chi connectivity index (χ3n) is 6.72. The molecule has 3 aromatic rings. The molecule has 43 heavy (non-hydrogen) atoms. The lowest BCUT2D eigenvalue weighted by Gasteiger charge is -2.24. The number of aryl methyl sites for hydroxylation is 2. The highest BCUT2D eigenvalue weighted by Crippen LogP contribution is 2.34. The molecule has 0 atom stereocenters. The summed E-state index contributed by atoms with van der Waals surface area (Å²) >= 11 is 0. The number of nitrogens with one attached hydrogen (secondary N) is 2. The molecule has 1 aliphatic rings. The topological polar surface area (TPSA) is 178 Å². The molecule has 4 rings (SSSR count). The van der Waals surface area contributed by atoms with E-state index in [0.717, 1.165) is 24.2 Å². The van der Waals surface area contributed by atoms with Gasteiger partial charge in [0.1, 0.15) is 11.8 Å². The average Bonchev–Trinajstić information content (AvgIpc) is 3.75. The molecule has 2 heterocycles. The lowest BCUT2D eigenvalue weighted by Crippen LogP contribution is -2.31. The number of ketones is 1. The van der Waals surface area contributed by atoms with Gasteiger partial charge in [-0.05, 0) is 56.4 Å². The quantitative estimate of drug-likeness (QED) is 0.130. The van der Waals surface area contributed by atoms with Crippen LogP contribution in [0.2, 0.25) is 0 Å². The van der Waals surface area contributed by atoms with Crippen molar-refractivity contribution in [2.24, 2.45) is 0 Å². The normalized spacial score (nSPS) is 12.3.